The first-order valence-corrected chi connectivity index (χ1v) is 10.6. The van der Waals surface area contributed by atoms with Gasteiger partial charge in [-0.15, -0.1) is 0 Å². The van der Waals surface area contributed by atoms with E-state index in [4.69, 9.17) is 4.74 Å². The number of carbonyl (C=O) groups is 2. The van der Waals surface area contributed by atoms with Crippen LogP contribution < -0.4 is 0 Å². The van der Waals surface area contributed by atoms with E-state index in [0.717, 1.165) is 38.5 Å². The van der Waals surface area contributed by atoms with Crippen molar-refractivity contribution in [1.82, 2.24) is 0 Å². The Hall–Kier alpha value is -1.12. The van der Waals surface area contributed by atoms with Gasteiger partial charge in [-0.1, -0.05) is 58.8 Å². The van der Waals surface area contributed by atoms with E-state index < -0.39 is 0 Å². The second-order valence-electron chi connectivity index (χ2n) is 7.77. The average molecular weight is 349 g/mol. The summed E-state index contributed by atoms with van der Waals surface area (Å²) in [7, 11) is 0. The highest BCUT2D eigenvalue weighted by Gasteiger charge is 2.33. The Bertz CT molecular complexity index is 446. The molecule has 0 spiro atoms. The topological polar surface area (TPSA) is 43.4 Å². The fourth-order valence-corrected chi connectivity index (χ4v) is 4.52. The van der Waals surface area contributed by atoms with Crippen molar-refractivity contribution in [3.63, 3.8) is 0 Å². The number of Topliss-reactive ketones (excluding diaryl/α,β-unsaturated/α-hetero) is 1. The molecule has 0 unspecified atom stereocenters. The van der Waals surface area contributed by atoms with Gasteiger partial charge >= 0.3 is 5.97 Å². The molecule has 0 atom stereocenters. The van der Waals surface area contributed by atoms with Gasteiger partial charge in [0, 0.05) is 6.42 Å². The van der Waals surface area contributed by atoms with Gasteiger partial charge in [0.2, 0.25) is 0 Å². The van der Waals surface area contributed by atoms with E-state index in [-0.39, 0.29) is 11.8 Å². The minimum absolute atomic E-state index is 0.00681. The lowest BCUT2D eigenvalue weighted by molar-refractivity contribution is -0.140. The molecule has 0 aromatic rings. The Labute approximate surface area is 153 Å². The Morgan fingerprint density at radius 2 is 1.36 bits per heavy atom. The molecule has 0 bridgehead atoms. The van der Waals surface area contributed by atoms with Gasteiger partial charge in [0.05, 0.1) is 6.61 Å². The molecule has 2 aliphatic rings. The van der Waals surface area contributed by atoms with Crippen molar-refractivity contribution in [2.75, 3.05) is 6.61 Å². The van der Waals surface area contributed by atoms with Crippen LogP contribution in [0.3, 0.4) is 0 Å². The predicted molar refractivity (Wildman–Crippen MR) is 101 cm³/mol. The third-order valence-corrected chi connectivity index (χ3v) is 5.91. The first-order chi connectivity index (χ1) is 12.2. The van der Waals surface area contributed by atoms with Crippen molar-refractivity contribution in [2.45, 2.75) is 97.3 Å². The third kappa shape index (κ3) is 5.69. The van der Waals surface area contributed by atoms with Crippen LogP contribution in [-0.2, 0) is 14.3 Å². The standard InChI is InChI=1S/C22H36O3/c1-3-5-16-25-22(24)21(19(23)4-2)20(17-12-8-6-9-13-17)18-14-10-7-11-15-18/h17-18H,3-16H2,1-2H3. The minimum Gasteiger partial charge on any atom is -0.462 e. The van der Waals surface area contributed by atoms with E-state index in [1.165, 1.54) is 44.1 Å². The van der Waals surface area contributed by atoms with E-state index in [1.54, 1.807) is 0 Å². The number of allylic oxidation sites excluding steroid dienone is 1. The molecule has 0 aliphatic heterocycles. The Morgan fingerprint density at radius 3 is 1.80 bits per heavy atom. The minimum atomic E-state index is -0.341. The summed E-state index contributed by atoms with van der Waals surface area (Å²) in [6.07, 6.45) is 14.2. The molecule has 3 heteroatoms. The second-order valence-corrected chi connectivity index (χ2v) is 7.77. The maximum absolute atomic E-state index is 12.8. The second kappa shape index (κ2) is 10.8. The summed E-state index contributed by atoms with van der Waals surface area (Å²) in [6.45, 7) is 4.37. The zero-order valence-electron chi connectivity index (χ0n) is 16.3. The molecular formula is C22H36O3. The van der Waals surface area contributed by atoms with Gasteiger partial charge in [-0.2, -0.15) is 0 Å². The molecule has 0 saturated heterocycles. The molecule has 25 heavy (non-hydrogen) atoms. The fourth-order valence-electron chi connectivity index (χ4n) is 4.52. The lowest BCUT2D eigenvalue weighted by Crippen LogP contribution is -2.27. The van der Waals surface area contributed by atoms with E-state index >= 15 is 0 Å². The number of carbonyl (C=O) groups excluding carboxylic acids is 2. The first-order valence-electron chi connectivity index (χ1n) is 10.6. The number of hydrogen-bond acceptors (Lipinski definition) is 3. The summed E-state index contributed by atoms with van der Waals surface area (Å²) in [5.41, 5.74) is 1.63. The zero-order chi connectivity index (χ0) is 18.1. The maximum atomic E-state index is 12.8. The van der Waals surface area contributed by atoms with Crippen molar-refractivity contribution in [1.29, 1.82) is 0 Å². The van der Waals surface area contributed by atoms with Crippen LogP contribution in [0.25, 0.3) is 0 Å². The molecular weight excluding hydrogens is 312 g/mol. The smallest absolute Gasteiger partial charge is 0.341 e. The van der Waals surface area contributed by atoms with Crippen LogP contribution in [0.4, 0.5) is 0 Å². The zero-order valence-corrected chi connectivity index (χ0v) is 16.3. The van der Waals surface area contributed by atoms with Crippen LogP contribution in [0.2, 0.25) is 0 Å². The largest absolute Gasteiger partial charge is 0.462 e. The highest BCUT2D eigenvalue weighted by atomic mass is 16.5. The van der Waals surface area contributed by atoms with Gasteiger partial charge in [0.1, 0.15) is 5.57 Å². The highest BCUT2D eigenvalue weighted by Crippen LogP contribution is 2.41. The normalized spacial score (nSPS) is 19.4. The summed E-state index contributed by atoms with van der Waals surface area (Å²) in [4.78, 5) is 25.6. The van der Waals surface area contributed by atoms with E-state index in [2.05, 4.69) is 6.92 Å². The van der Waals surface area contributed by atoms with Gasteiger partial charge in [0.25, 0.3) is 0 Å². The summed E-state index contributed by atoms with van der Waals surface area (Å²) in [6, 6.07) is 0. The van der Waals surface area contributed by atoms with Crippen LogP contribution >= 0.6 is 0 Å². The molecule has 142 valence electrons. The van der Waals surface area contributed by atoms with E-state index in [1.807, 2.05) is 6.92 Å². The van der Waals surface area contributed by atoms with E-state index in [0.29, 0.717) is 30.4 Å². The van der Waals surface area contributed by atoms with Gasteiger partial charge < -0.3 is 4.74 Å². The monoisotopic (exact) mass is 348 g/mol. The van der Waals surface area contributed by atoms with Crippen molar-refractivity contribution < 1.29 is 14.3 Å². The van der Waals surface area contributed by atoms with Crippen molar-refractivity contribution in [3.05, 3.63) is 11.1 Å². The molecule has 0 radical (unpaired) electrons. The molecule has 0 N–H and O–H groups in total. The molecule has 2 aliphatic carbocycles. The molecule has 2 rings (SSSR count). The van der Waals surface area contributed by atoms with Gasteiger partial charge in [-0.3, -0.25) is 4.79 Å². The molecule has 2 saturated carbocycles. The molecule has 0 heterocycles. The Morgan fingerprint density at radius 1 is 0.840 bits per heavy atom. The lowest BCUT2D eigenvalue weighted by Gasteiger charge is -2.34. The fraction of sp³-hybridized carbons (Fsp3) is 0.818. The third-order valence-electron chi connectivity index (χ3n) is 5.91. The number of esters is 1. The number of unbranched alkanes of at least 4 members (excludes halogenated alkanes) is 1. The molecule has 0 aromatic heterocycles. The van der Waals surface area contributed by atoms with Gasteiger partial charge in [-0.05, 0) is 49.5 Å². The van der Waals surface area contributed by atoms with Crippen LogP contribution in [0.1, 0.15) is 97.3 Å². The number of ether oxygens (including phenoxy) is 1. The molecule has 3 nitrogen and oxygen atoms in total. The van der Waals surface area contributed by atoms with Crippen molar-refractivity contribution in [3.8, 4) is 0 Å². The highest BCUT2D eigenvalue weighted by molar-refractivity contribution is 6.18. The van der Waals surface area contributed by atoms with E-state index in [9.17, 15) is 9.59 Å². The summed E-state index contributed by atoms with van der Waals surface area (Å²) in [5, 5.41) is 0. The molecule has 0 aromatic carbocycles. The summed E-state index contributed by atoms with van der Waals surface area (Å²) >= 11 is 0. The molecule has 0 amide bonds. The van der Waals surface area contributed by atoms with Gasteiger partial charge in [-0.25, -0.2) is 4.79 Å². The van der Waals surface area contributed by atoms with Gasteiger partial charge in [0.15, 0.2) is 5.78 Å². The average Bonchev–Trinajstić information content (AvgIpc) is 2.67. The SMILES string of the molecule is CCCCOC(=O)C(C(=O)CC)=C(C1CCCCC1)C1CCCCC1. The van der Waals surface area contributed by atoms with Crippen LogP contribution in [0, 0.1) is 11.8 Å². The quantitative estimate of drug-likeness (QED) is 0.184. The first kappa shape index (κ1) is 20.2. The Balaban J connectivity index is 2.35. The van der Waals surface area contributed by atoms with Crippen LogP contribution in [0.15, 0.2) is 11.1 Å². The summed E-state index contributed by atoms with van der Waals surface area (Å²) < 4.78 is 5.51. The lowest BCUT2D eigenvalue weighted by atomic mass is 9.71. The maximum Gasteiger partial charge on any atom is 0.341 e. The van der Waals surface area contributed by atoms with Crippen LogP contribution in [0.5, 0.6) is 0 Å². The number of rotatable bonds is 8. The number of hydrogen-bond donors (Lipinski definition) is 0. The van der Waals surface area contributed by atoms with Crippen LogP contribution in [-0.4, -0.2) is 18.4 Å². The van der Waals surface area contributed by atoms with Crippen molar-refractivity contribution in [2.24, 2.45) is 11.8 Å². The molecule has 2 fully saturated rings. The predicted octanol–water partition coefficient (Wildman–Crippen LogP) is 5.77. The number of ketones is 1. The Kier molecular flexibility index (Phi) is 8.71. The summed E-state index contributed by atoms with van der Waals surface area (Å²) in [5.74, 6) is 0.487. The van der Waals surface area contributed by atoms with Crippen molar-refractivity contribution >= 4 is 11.8 Å².